The van der Waals surface area contributed by atoms with Crippen molar-refractivity contribution in [2.24, 2.45) is 0 Å². The smallest absolute Gasteiger partial charge is 0.243 e. The molecule has 0 unspecified atom stereocenters. The van der Waals surface area contributed by atoms with Gasteiger partial charge in [-0.05, 0) is 24.7 Å². The molecule has 1 aromatic carbocycles. The third-order valence-electron chi connectivity index (χ3n) is 2.47. The van der Waals surface area contributed by atoms with Gasteiger partial charge in [-0.1, -0.05) is 17.5 Å². The standard InChI is InChI=1S/C12H14ClFN2O2S/c1-4-5-16(3)19(17,18)10-6-9(8-15-2)12(13)11(14)7-10/h1,6-7,15H,5,8H2,2-3H3. The van der Waals surface area contributed by atoms with E-state index in [1.54, 1.807) is 7.05 Å². The molecule has 0 spiro atoms. The number of nitrogens with one attached hydrogen (secondary N) is 1. The number of nitrogens with zero attached hydrogens (tertiary/aromatic N) is 1. The monoisotopic (exact) mass is 304 g/mol. The zero-order chi connectivity index (χ0) is 14.6. The summed E-state index contributed by atoms with van der Waals surface area (Å²) in [5.74, 6) is 1.45. The fourth-order valence-corrected chi connectivity index (χ4v) is 2.80. The van der Waals surface area contributed by atoms with Gasteiger partial charge in [0.2, 0.25) is 10.0 Å². The van der Waals surface area contributed by atoms with E-state index in [0.29, 0.717) is 5.56 Å². The summed E-state index contributed by atoms with van der Waals surface area (Å²) in [5, 5.41) is 2.70. The third-order valence-corrected chi connectivity index (χ3v) is 4.67. The Kier molecular flexibility index (Phi) is 5.32. The first-order chi connectivity index (χ1) is 8.84. The van der Waals surface area contributed by atoms with Gasteiger partial charge in [-0.25, -0.2) is 12.8 Å². The van der Waals surface area contributed by atoms with Crippen molar-refractivity contribution in [2.75, 3.05) is 20.6 Å². The van der Waals surface area contributed by atoms with E-state index >= 15 is 0 Å². The first-order valence-corrected chi connectivity index (χ1v) is 7.18. The summed E-state index contributed by atoms with van der Waals surface area (Å²) >= 11 is 5.78. The zero-order valence-electron chi connectivity index (χ0n) is 10.6. The second-order valence-corrected chi connectivity index (χ2v) is 6.30. The lowest BCUT2D eigenvalue weighted by Crippen LogP contribution is -2.27. The highest BCUT2D eigenvalue weighted by molar-refractivity contribution is 7.89. The molecule has 0 aliphatic rings. The molecule has 0 fully saturated rings. The predicted octanol–water partition coefficient (Wildman–Crippen LogP) is 1.45. The molecule has 104 valence electrons. The molecule has 1 N–H and O–H groups in total. The summed E-state index contributed by atoms with van der Waals surface area (Å²) in [6, 6.07) is 2.23. The highest BCUT2D eigenvalue weighted by Crippen LogP contribution is 2.25. The van der Waals surface area contributed by atoms with Crippen LogP contribution in [0.2, 0.25) is 5.02 Å². The molecule has 1 aromatic rings. The molecule has 0 atom stereocenters. The van der Waals surface area contributed by atoms with Crippen molar-refractivity contribution < 1.29 is 12.8 Å². The van der Waals surface area contributed by atoms with E-state index in [1.165, 1.54) is 13.1 Å². The summed E-state index contributed by atoms with van der Waals surface area (Å²) in [6.07, 6.45) is 5.07. The van der Waals surface area contributed by atoms with Crippen LogP contribution in [0.5, 0.6) is 0 Å². The third kappa shape index (κ3) is 3.45. The van der Waals surface area contributed by atoms with Crippen LogP contribution < -0.4 is 5.32 Å². The van der Waals surface area contributed by atoms with Gasteiger partial charge >= 0.3 is 0 Å². The molecule has 0 amide bonds. The Balaban J connectivity index is 3.32. The zero-order valence-corrected chi connectivity index (χ0v) is 12.1. The highest BCUT2D eigenvalue weighted by Gasteiger charge is 2.22. The van der Waals surface area contributed by atoms with Crippen LogP contribution in [0.4, 0.5) is 4.39 Å². The van der Waals surface area contributed by atoms with Crippen LogP contribution in [-0.2, 0) is 16.6 Å². The lowest BCUT2D eigenvalue weighted by Gasteiger charge is -2.16. The Labute approximate surface area is 117 Å². The summed E-state index contributed by atoms with van der Waals surface area (Å²) in [5.41, 5.74) is 0.372. The van der Waals surface area contributed by atoms with Crippen molar-refractivity contribution in [1.82, 2.24) is 9.62 Å². The van der Waals surface area contributed by atoms with Crippen molar-refractivity contribution in [3.8, 4) is 12.3 Å². The van der Waals surface area contributed by atoms with E-state index in [4.69, 9.17) is 18.0 Å². The van der Waals surface area contributed by atoms with Crippen molar-refractivity contribution in [3.63, 3.8) is 0 Å². The van der Waals surface area contributed by atoms with Gasteiger partial charge in [-0.15, -0.1) is 6.42 Å². The SMILES string of the molecule is C#CCN(C)S(=O)(=O)c1cc(F)c(Cl)c(CNC)c1. The second-order valence-electron chi connectivity index (χ2n) is 3.87. The fourth-order valence-electron chi connectivity index (χ4n) is 1.48. The molecule has 0 saturated carbocycles. The van der Waals surface area contributed by atoms with Gasteiger partial charge in [0.25, 0.3) is 0 Å². The van der Waals surface area contributed by atoms with Crippen LogP contribution in [0.3, 0.4) is 0 Å². The Morgan fingerprint density at radius 1 is 1.53 bits per heavy atom. The molecule has 0 aromatic heterocycles. The number of sulfonamides is 1. The summed E-state index contributed by atoms with van der Waals surface area (Å²) in [7, 11) is -0.831. The highest BCUT2D eigenvalue weighted by atomic mass is 35.5. The van der Waals surface area contributed by atoms with E-state index in [9.17, 15) is 12.8 Å². The van der Waals surface area contributed by atoms with E-state index in [0.717, 1.165) is 10.4 Å². The van der Waals surface area contributed by atoms with Gasteiger partial charge in [-0.2, -0.15) is 4.31 Å². The molecule has 19 heavy (non-hydrogen) atoms. The van der Waals surface area contributed by atoms with Crippen molar-refractivity contribution in [3.05, 3.63) is 28.5 Å². The lowest BCUT2D eigenvalue weighted by atomic mass is 10.2. The largest absolute Gasteiger partial charge is 0.316 e. The number of benzene rings is 1. The van der Waals surface area contributed by atoms with Crippen LogP contribution in [0.1, 0.15) is 5.56 Å². The van der Waals surface area contributed by atoms with Gasteiger partial charge in [0.1, 0.15) is 5.82 Å². The Morgan fingerprint density at radius 2 is 2.16 bits per heavy atom. The summed E-state index contributed by atoms with van der Waals surface area (Å²) in [6.45, 7) is 0.173. The molecule has 1 rings (SSSR count). The van der Waals surface area contributed by atoms with Crippen LogP contribution in [0.15, 0.2) is 17.0 Å². The first-order valence-electron chi connectivity index (χ1n) is 5.37. The second kappa shape index (κ2) is 6.35. The molecule has 0 aliphatic heterocycles. The van der Waals surface area contributed by atoms with Crippen molar-refractivity contribution >= 4 is 21.6 Å². The minimum Gasteiger partial charge on any atom is -0.316 e. The van der Waals surface area contributed by atoms with Crippen LogP contribution in [0, 0.1) is 18.2 Å². The molecular formula is C12H14ClFN2O2S. The molecule has 0 radical (unpaired) electrons. The molecule has 4 nitrogen and oxygen atoms in total. The maximum absolute atomic E-state index is 13.7. The molecular weight excluding hydrogens is 291 g/mol. The van der Waals surface area contributed by atoms with Gasteiger partial charge in [0.15, 0.2) is 0 Å². The Hall–Kier alpha value is -1.13. The maximum Gasteiger partial charge on any atom is 0.243 e. The predicted molar refractivity (Wildman–Crippen MR) is 72.8 cm³/mol. The fraction of sp³-hybridized carbons (Fsp3) is 0.333. The molecule has 0 saturated heterocycles. The summed E-state index contributed by atoms with van der Waals surface area (Å²) in [4.78, 5) is -0.169. The van der Waals surface area contributed by atoms with Gasteiger partial charge in [0, 0.05) is 13.6 Å². The van der Waals surface area contributed by atoms with Crippen LogP contribution in [-0.4, -0.2) is 33.4 Å². The normalized spacial score (nSPS) is 11.6. The number of hydrogen-bond donors (Lipinski definition) is 1. The van der Waals surface area contributed by atoms with Crippen molar-refractivity contribution in [1.29, 1.82) is 0 Å². The number of halogens is 2. The molecule has 0 aliphatic carbocycles. The van der Waals surface area contributed by atoms with Gasteiger partial charge in [-0.3, -0.25) is 0 Å². The molecule has 0 bridgehead atoms. The Morgan fingerprint density at radius 3 is 2.68 bits per heavy atom. The van der Waals surface area contributed by atoms with E-state index in [2.05, 4.69) is 11.2 Å². The van der Waals surface area contributed by atoms with E-state index in [1.807, 2.05) is 0 Å². The first kappa shape index (κ1) is 15.9. The molecule has 7 heteroatoms. The average Bonchev–Trinajstić information content (AvgIpc) is 2.35. The Bertz CT molecular complexity index is 611. The van der Waals surface area contributed by atoms with Crippen molar-refractivity contribution in [2.45, 2.75) is 11.4 Å². The van der Waals surface area contributed by atoms with E-state index < -0.39 is 15.8 Å². The molecule has 0 heterocycles. The van der Waals surface area contributed by atoms with Gasteiger partial charge in [0.05, 0.1) is 16.5 Å². The quantitative estimate of drug-likeness (QED) is 0.838. The average molecular weight is 305 g/mol. The summed E-state index contributed by atoms with van der Waals surface area (Å²) < 4.78 is 38.9. The van der Waals surface area contributed by atoms with Crippen LogP contribution in [0.25, 0.3) is 0 Å². The number of hydrogen-bond acceptors (Lipinski definition) is 3. The minimum atomic E-state index is -3.82. The maximum atomic E-state index is 13.7. The van der Waals surface area contributed by atoms with Crippen LogP contribution >= 0.6 is 11.6 Å². The minimum absolute atomic E-state index is 0.0893. The number of terminal acetylenes is 1. The number of rotatable bonds is 5. The van der Waals surface area contributed by atoms with E-state index in [-0.39, 0.29) is 23.0 Å². The topological polar surface area (TPSA) is 49.4 Å². The lowest BCUT2D eigenvalue weighted by molar-refractivity contribution is 0.501. The van der Waals surface area contributed by atoms with Gasteiger partial charge < -0.3 is 5.32 Å².